The van der Waals surface area contributed by atoms with Crippen molar-refractivity contribution in [2.45, 2.75) is 125 Å². The molecule has 1 N–H and O–H groups in total. The van der Waals surface area contributed by atoms with Crippen LogP contribution >= 0.6 is 0 Å². The lowest BCUT2D eigenvalue weighted by molar-refractivity contribution is -0.0227. The van der Waals surface area contributed by atoms with Crippen molar-refractivity contribution in [1.82, 2.24) is 9.80 Å². The molecule has 1 fully saturated rings. The second kappa shape index (κ2) is 16.5. The summed E-state index contributed by atoms with van der Waals surface area (Å²) in [6.45, 7) is 22.7. The molecule has 2 heterocycles. The van der Waals surface area contributed by atoms with Crippen LogP contribution in [-0.4, -0.2) is 53.2 Å². The second-order valence-electron chi connectivity index (χ2n) is 15.4. The largest absolute Gasteiger partial charge is 0.508 e. The number of ether oxygens (including phenoxy) is 1. The van der Waals surface area contributed by atoms with Gasteiger partial charge in [0, 0.05) is 45.2 Å². The van der Waals surface area contributed by atoms with Crippen LogP contribution in [0.3, 0.4) is 0 Å². The van der Waals surface area contributed by atoms with Crippen LogP contribution in [0, 0.1) is 37.5 Å². The van der Waals surface area contributed by atoms with E-state index in [0.29, 0.717) is 11.7 Å². The van der Waals surface area contributed by atoms with Crippen molar-refractivity contribution in [1.29, 1.82) is 0 Å². The topological polar surface area (TPSA) is 35.9 Å². The standard InChI is InChI=1S/C40H64N2O2/c1-30(2)14-11-15-31(3)16-12-17-32(4)18-13-21-40(7)37(26-36-27-38(43)33(5)34(6)39(36)44-40)29-42-24-22-41(23-25-42)28-35-19-9-8-10-20-35/h8-10,19-20,27,30-32,37,43H,11-18,21-26,28-29H2,1-7H3. The Morgan fingerprint density at radius 1 is 0.818 bits per heavy atom. The van der Waals surface area contributed by atoms with Crippen LogP contribution in [-0.2, 0) is 13.0 Å². The SMILES string of the molecule is Cc1c(O)cc2c(c1C)OC(C)(CCCC(C)CCCC(C)CCCC(C)C)C(CN1CCN(Cc3ccccc3)CC1)C2. The summed E-state index contributed by atoms with van der Waals surface area (Å²) in [6, 6.07) is 12.8. The Labute approximate surface area is 270 Å². The highest BCUT2D eigenvalue weighted by Gasteiger charge is 2.42. The van der Waals surface area contributed by atoms with Crippen molar-refractivity contribution in [2.24, 2.45) is 23.7 Å². The van der Waals surface area contributed by atoms with Gasteiger partial charge in [-0.3, -0.25) is 4.90 Å². The molecule has 0 aliphatic carbocycles. The van der Waals surface area contributed by atoms with Gasteiger partial charge in [0.05, 0.1) is 0 Å². The molecule has 4 unspecified atom stereocenters. The summed E-state index contributed by atoms with van der Waals surface area (Å²) in [5.74, 6) is 4.33. The maximum absolute atomic E-state index is 10.6. The number of hydrogen-bond acceptors (Lipinski definition) is 4. The van der Waals surface area contributed by atoms with Crippen molar-refractivity contribution in [3.05, 3.63) is 58.7 Å². The zero-order valence-corrected chi connectivity index (χ0v) is 29.3. The van der Waals surface area contributed by atoms with Crippen molar-refractivity contribution >= 4 is 0 Å². The zero-order valence-electron chi connectivity index (χ0n) is 29.3. The van der Waals surface area contributed by atoms with Gasteiger partial charge in [0.15, 0.2) is 0 Å². The molecule has 0 spiro atoms. The summed E-state index contributed by atoms with van der Waals surface area (Å²) >= 11 is 0. The Morgan fingerprint density at radius 2 is 1.41 bits per heavy atom. The molecule has 4 rings (SSSR count). The van der Waals surface area contributed by atoms with E-state index in [9.17, 15) is 5.11 Å². The molecule has 0 saturated carbocycles. The number of benzene rings is 2. The molecule has 1 saturated heterocycles. The smallest absolute Gasteiger partial charge is 0.126 e. The van der Waals surface area contributed by atoms with Crippen LogP contribution in [0.25, 0.3) is 0 Å². The molecule has 246 valence electrons. The average Bonchev–Trinajstić information content (AvgIpc) is 2.98. The van der Waals surface area contributed by atoms with Gasteiger partial charge in [0.1, 0.15) is 17.1 Å². The molecule has 4 heteroatoms. The first-order valence-electron chi connectivity index (χ1n) is 18.0. The summed E-state index contributed by atoms with van der Waals surface area (Å²) in [5, 5.41) is 10.6. The minimum absolute atomic E-state index is 0.188. The summed E-state index contributed by atoms with van der Waals surface area (Å²) in [6.07, 6.45) is 12.8. The van der Waals surface area contributed by atoms with E-state index >= 15 is 0 Å². The quantitative estimate of drug-likeness (QED) is 0.207. The van der Waals surface area contributed by atoms with Gasteiger partial charge < -0.3 is 14.7 Å². The predicted molar refractivity (Wildman–Crippen MR) is 187 cm³/mol. The Kier molecular flexibility index (Phi) is 13.1. The molecule has 44 heavy (non-hydrogen) atoms. The Hall–Kier alpha value is -2.04. The monoisotopic (exact) mass is 604 g/mol. The van der Waals surface area contributed by atoms with Crippen molar-refractivity contribution < 1.29 is 9.84 Å². The highest BCUT2D eigenvalue weighted by Crippen LogP contribution is 2.45. The number of phenolic OH excluding ortho intramolecular Hbond substituents is 1. The maximum atomic E-state index is 10.6. The highest BCUT2D eigenvalue weighted by atomic mass is 16.5. The molecule has 4 atom stereocenters. The van der Waals surface area contributed by atoms with Crippen LogP contribution in [0.5, 0.6) is 11.5 Å². The van der Waals surface area contributed by atoms with Crippen LogP contribution in [0.4, 0.5) is 0 Å². The van der Waals surface area contributed by atoms with Crippen LogP contribution in [0.15, 0.2) is 36.4 Å². The number of nitrogens with zero attached hydrogens (tertiary/aromatic N) is 2. The summed E-state index contributed by atoms with van der Waals surface area (Å²) in [7, 11) is 0. The fourth-order valence-electron chi connectivity index (χ4n) is 7.61. The van der Waals surface area contributed by atoms with Gasteiger partial charge in [-0.25, -0.2) is 0 Å². The number of phenols is 1. The summed E-state index contributed by atoms with van der Waals surface area (Å²) in [5.41, 5.74) is 4.46. The van der Waals surface area contributed by atoms with E-state index in [0.717, 1.165) is 86.7 Å². The van der Waals surface area contributed by atoms with Crippen LogP contribution < -0.4 is 4.74 Å². The lowest BCUT2D eigenvalue weighted by atomic mass is 9.76. The average molecular weight is 605 g/mol. The fourth-order valence-corrected chi connectivity index (χ4v) is 7.61. The molecular weight excluding hydrogens is 540 g/mol. The second-order valence-corrected chi connectivity index (χ2v) is 15.4. The fraction of sp³-hybridized carbons (Fsp3) is 0.700. The predicted octanol–water partition coefficient (Wildman–Crippen LogP) is 9.58. The van der Waals surface area contributed by atoms with E-state index in [1.807, 2.05) is 13.0 Å². The third kappa shape index (κ3) is 9.98. The van der Waals surface area contributed by atoms with Gasteiger partial charge >= 0.3 is 0 Å². The molecule has 2 aromatic carbocycles. The van der Waals surface area contributed by atoms with Gasteiger partial charge in [0.25, 0.3) is 0 Å². The van der Waals surface area contributed by atoms with Gasteiger partial charge in [-0.05, 0) is 86.1 Å². The van der Waals surface area contributed by atoms with Crippen molar-refractivity contribution in [2.75, 3.05) is 32.7 Å². The van der Waals surface area contributed by atoms with Gasteiger partial charge in [-0.2, -0.15) is 0 Å². The van der Waals surface area contributed by atoms with Crippen LogP contribution in [0.1, 0.15) is 115 Å². The lowest BCUT2D eigenvalue weighted by Crippen LogP contribution is -2.53. The van der Waals surface area contributed by atoms with Gasteiger partial charge in [-0.1, -0.05) is 103 Å². The zero-order chi connectivity index (χ0) is 31.7. The first-order valence-corrected chi connectivity index (χ1v) is 18.0. The number of hydrogen-bond donors (Lipinski definition) is 1. The molecule has 2 aliphatic rings. The normalized spacial score (nSPS) is 22.5. The van der Waals surface area contributed by atoms with Crippen LogP contribution in [0.2, 0.25) is 0 Å². The van der Waals surface area contributed by atoms with Gasteiger partial charge in [-0.15, -0.1) is 0 Å². The van der Waals surface area contributed by atoms with E-state index in [-0.39, 0.29) is 5.60 Å². The molecule has 0 aromatic heterocycles. The molecule has 0 bridgehead atoms. The minimum atomic E-state index is -0.188. The minimum Gasteiger partial charge on any atom is -0.508 e. The molecule has 2 aromatic rings. The van der Waals surface area contributed by atoms with E-state index in [4.69, 9.17) is 4.74 Å². The maximum Gasteiger partial charge on any atom is 0.126 e. The summed E-state index contributed by atoms with van der Waals surface area (Å²) < 4.78 is 7.04. The Morgan fingerprint density at radius 3 is 2.05 bits per heavy atom. The molecule has 0 radical (unpaired) electrons. The summed E-state index contributed by atoms with van der Waals surface area (Å²) in [4.78, 5) is 5.26. The third-order valence-electron chi connectivity index (χ3n) is 11.0. The Balaban J connectivity index is 1.31. The lowest BCUT2D eigenvalue weighted by Gasteiger charge is -2.46. The van der Waals surface area contributed by atoms with Gasteiger partial charge in [0.2, 0.25) is 0 Å². The van der Waals surface area contributed by atoms with E-state index < -0.39 is 0 Å². The molecular formula is C40H64N2O2. The van der Waals surface area contributed by atoms with Crippen molar-refractivity contribution in [3.8, 4) is 11.5 Å². The first kappa shape index (κ1) is 34.8. The van der Waals surface area contributed by atoms with E-state index in [1.165, 1.54) is 62.5 Å². The molecule has 2 aliphatic heterocycles. The molecule has 0 amide bonds. The highest BCUT2D eigenvalue weighted by molar-refractivity contribution is 5.53. The number of piperazine rings is 1. The van der Waals surface area contributed by atoms with E-state index in [1.54, 1.807) is 0 Å². The number of fused-ring (bicyclic) bond motifs is 1. The van der Waals surface area contributed by atoms with Crippen molar-refractivity contribution in [3.63, 3.8) is 0 Å². The first-order chi connectivity index (χ1) is 21.0. The number of rotatable bonds is 16. The third-order valence-corrected chi connectivity index (χ3v) is 11.0. The number of aromatic hydroxyl groups is 1. The molecule has 4 nitrogen and oxygen atoms in total. The van der Waals surface area contributed by atoms with E-state index in [2.05, 4.69) is 81.7 Å². The Bertz CT molecular complexity index is 1140.